The van der Waals surface area contributed by atoms with E-state index in [2.05, 4.69) is 12.6 Å². The summed E-state index contributed by atoms with van der Waals surface area (Å²) in [5, 5.41) is 0. The molecule has 1 fully saturated rings. The maximum Gasteiger partial charge on any atom is 0.401 e. The quantitative estimate of drug-likeness (QED) is 0.557. The van der Waals surface area contributed by atoms with E-state index in [-0.39, 0.29) is 5.41 Å². The Balaban J connectivity index is 2.67. The predicted molar refractivity (Wildman–Crippen MR) is 76.8 cm³/mol. The zero-order chi connectivity index (χ0) is 14.4. The number of rotatable bonds is 6. The lowest BCUT2D eigenvalue weighted by Gasteiger charge is -2.37. The summed E-state index contributed by atoms with van der Waals surface area (Å²) in [7, 11) is 0. The van der Waals surface area contributed by atoms with Gasteiger partial charge in [-0.25, -0.2) is 0 Å². The van der Waals surface area contributed by atoms with Gasteiger partial charge in [0, 0.05) is 6.54 Å². The Labute approximate surface area is 120 Å². The third-order valence-corrected chi connectivity index (χ3v) is 4.67. The van der Waals surface area contributed by atoms with Crippen molar-refractivity contribution >= 4 is 12.6 Å². The molecule has 114 valence electrons. The second-order valence-corrected chi connectivity index (χ2v) is 6.21. The van der Waals surface area contributed by atoms with Gasteiger partial charge < -0.3 is 0 Å². The van der Waals surface area contributed by atoms with Crippen molar-refractivity contribution < 1.29 is 13.2 Å². The van der Waals surface area contributed by atoms with Gasteiger partial charge in [-0.05, 0) is 37.0 Å². The largest absolute Gasteiger partial charge is 0.401 e. The van der Waals surface area contributed by atoms with Gasteiger partial charge in [-0.3, -0.25) is 4.90 Å². The Hall–Kier alpha value is 0.100. The topological polar surface area (TPSA) is 3.24 Å². The van der Waals surface area contributed by atoms with Crippen LogP contribution in [-0.4, -0.2) is 36.5 Å². The molecule has 0 aromatic heterocycles. The van der Waals surface area contributed by atoms with Crippen molar-refractivity contribution in [1.29, 1.82) is 0 Å². The number of alkyl halides is 3. The first-order chi connectivity index (χ1) is 8.91. The molecule has 1 nitrogen and oxygen atoms in total. The molecule has 1 saturated carbocycles. The molecular weight excluding hydrogens is 271 g/mol. The molecule has 0 aromatic rings. The predicted octanol–water partition coefficient (Wildman–Crippen LogP) is 4.53. The summed E-state index contributed by atoms with van der Waals surface area (Å²) in [5.74, 6) is 0.699. The van der Waals surface area contributed by atoms with E-state index in [1.165, 1.54) is 12.8 Å². The molecule has 0 heterocycles. The molecule has 0 spiro atoms. The Morgan fingerprint density at radius 1 is 1.11 bits per heavy atom. The first-order valence-corrected chi connectivity index (χ1v) is 7.94. The number of hydrogen-bond donors (Lipinski definition) is 1. The van der Waals surface area contributed by atoms with Gasteiger partial charge >= 0.3 is 6.18 Å². The molecule has 1 aliphatic carbocycles. The van der Waals surface area contributed by atoms with Gasteiger partial charge in [0.1, 0.15) is 0 Å². The summed E-state index contributed by atoms with van der Waals surface area (Å²) in [6.45, 7) is 2.22. The van der Waals surface area contributed by atoms with Crippen LogP contribution in [0.4, 0.5) is 13.2 Å². The van der Waals surface area contributed by atoms with E-state index in [0.29, 0.717) is 18.8 Å². The molecule has 0 unspecified atom stereocenters. The van der Waals surface area contributed by atoms with Gasteiger partial charge in [0.05, 0.1) is 6.54 Å². The fourth-order valence-corrected chi connectivity index (χ4v) is 3.52. The number of nitrogens with zero attached hydrogens (tertiary/aromatic N) is 1. The van der Waals surface area contributed by atoms with Crippen LogP contribution >= 0.6 is 12.6 Å². The van der Waals surface area contributed by atoms with Crippen LogP contribution in [0.25, 0.3) is 0 Å². The highest BCUT2D eigenvalue weighted by molar-refractivity contribution is 7.80. The zero-order valence-corrected chi connectivity index (χ0v) is 12.7. The summed E-state index contributed by atoms with van der Waals surface area (Å²) in [5.41, 5.74) is -0.0139. The van der Waals surface area contributed by atoms with E-state index in [1.54, 1.807) is 4.90 Å². The summed E-state index contributed by atoms with van der Waals surface area (Å²) < 4.78 is 37.9. The minimum atomic E-state index is -4.10. The number of halogens is 3. The van der Waals surface area contributed by atoms with E-state index in [4.69, 9.17) is 0 Å². The molecule has 19 heavy (non-hydrogen) atoms. The zero-order valence-electron chi connectivity index (χ0n) is 11.8. The van der Waals surface area contributed by atoms with Gasteiger partial charge in [0.15, 0.2) is 0 Å². The molecule has 1 aliphatic rings. The van der Waals surface area contributed by atoms with Crippen molar-refractivity contribution in [1.82, 2.24) is 4.90 Å². The molecule has 0 saturated heterocycles. The molecule has 0 radical (unpaired) electrons. The normalized spacial score (nSPS) is 20.5. The lowest BCUT2D eigenvalue weighted by atomic mass is 9.81. The molecular formula is C14H26F3NS. The number of hydrogen-bond acceptors (Lipinski definition) is 2. The second-order valence-electron chi connectivity index (χ2n) is 5.90. The lowest BCUT2D eigenvalue weighted by molar-refractivity contribution is -0.149. The van der Waals surface area contributed by atoms with Crippen LogP contribution in [-0.2, 0) is 0 Å². The standard InChI is InChI=1S/C14H26F3NS/c1-2-9-18(11-14(15,16)17)10-13(12-19)7-5-3-4-6-8-13/h19H,2-12H2,1H3. The Kier molecular flexibility index (Phi) is 7.01. The SMILES string of the molecule is CCCN(CC(F)(F)F)CC1(CS)CCCCCC1. The van der Waals surface area contributed by atoms with Crippen LogP contribution in [0.3, 0.4) is 0 Å². The molecule has 0 bridgehead atoms. The third kappa shape index (κ3) is 6.39. The molecule has 1 rings (SSSR count). The van der Waals surface area contributed by atoms with Crippen LogP contribution < -0.4 is 0 Å². The van der Waals surface area contributed by atoms with Crippen LogP contribution in [0.15, 0.2) is 0 Å². The molecule has 0 aliphatic heterocycles. The first-order valence-electron chi connectivity index (χ1n) is 7.31. The van der Waals surface area contributed by atoms with E-state index >= 15 is 0 Å². The number of thiol groups is 1. The van der Waals surface area contributed by atoms with Crippen molar-refractivity contribution in [3.05, 3.63) is 0 Å². The van der Waals surface area contributed by atoms with Crippen molar-refractivity contribution in [2.45, 2.75) is 58.0 Å². The van der Waals surface area contributed by atoms with Crippen molar-refractivity contribution in [3.63, 3.8) is 0 Å². The summed E-state index contributed by atoms with van der Waals surface area (Å²) in [6, 6.07) is 0. The molecule has 5 heteroatoms. The summed E-state index contributed by atoms with van der Waals surface area (Å²) in [6.07, 6.45) is 3.39. The Bertz CT molecular complexity index is 248. The first kappa shape index (κ1) is 17.2. The van der Waals surface area contributed by atoms with Crippen LogP contribution in [0.5, 0.6) is 0 Å². The highest BCUT2D eigenvalue weighted by atomic mass is 32.1. The van der Waals surface area contributed by atoms with Gasteiger partial charge in [0.25, 0.3) is 0 Å². The lowest BCUT2D eigenvalue weighted by Crippen LogP contribution is -2.43. The average Bonchev–Trinajstić information content (AvgIpc) is 2.53. The maximum atomic E-state index is 12.6. The van der Waals surface area contributed by atoms with Crippen molar-refractivity contribution in [2.24, 2.45) is 5.41 Å². The van der Waals surface area contributed by atoms with Gasteiger partial charge in [0.2, 0.25) is 0 Å². The average molecular weight is 297 g/mol. The van der Waals surface area contributed by atoms with Crippen molar-refractivity contribution in [2.75, 3.05) is 25.4 Å². The minimum absolute atomic E-state index is 0.0139. The second kappa shape index (κ2) is 7.77. The highest BCUT2D eigenvalue weighted by Gasteiger charge is 2.36. The van der Waals surface area contributed by atoms with Gasteiger partial charge in [-0.15, -0.1) is 0 Å². The summed E-state index contributed by atoms with van der Waals surface area (Å²) in [4.78, 5) is 1.58. The van der Waals surface area contributed by atoms with Gasteiger partial charge in [-0.2, -0.15) is 25.8 Å². The maximum absolute atomic E-state index is 12.6. The molecule has 0 atom stereocenters. The van der Waals surface area contributed by atoms with Gasteiger partial charge in [-0.1, -0.05) is 32.6 Å². The summed E-state index contributed by atoms with van der Waals surface area (Å²) >= 11 is 4.44. The molecule has 0 amide bonds. The fraction of sp³-hybridized carbons (Fsp3) is 1.00. The fourth-order valence-electron chi connectivity index (χ4n) is 3.10. The smallest absolute Gasteiger partial charge is 0.294 e. The van der Waals surface area contributed by atoms with Crippen molar-refractivity contribution in [3.8, 4) is 0 Å². The van der Waals surface area contributed by atoms with E-state index in [0.717, 1.165) is 32.1 Å². The van der Waals surface area contributed by atoms with Crippen LogP contribution in [0.1, 0.15) is 51.9 Å². The van der Waals surface area contributed by atoms with E-state index in [9.17, 15) is 13.2 Å². The van der Waals surface area contributed by atoms with E-state index < -0.39 is 12.7 Å². The minimum Gasteiger partial charge on any atom is -0.294 e. The van der Waals surface area contributed by atoms with Crippen LogP contribution in [0.2, 0.25) is 0 Å². The Morgan fingerprint density at radius 3 is 2.11 bits per heavy atom. The highest BCUT2D eigenvalue weighted by Crippen LogP contribution is 2.37. The Morgan fingerprint density at radius 2 is 1.68 bits per heavy atom. The van der Waals surface area contributed by atoms with E-state index in [1.807, 2.05) is 6.92 Å². The van der Waals surface area contributed by atoms with Crippen LogP contribution in [0, 0.1) is 5.41 Å². The third-order valence-electron chi connectivity index (χ3n) is 4.00. The molecule has 0 N–H and O–H groups in total. The monoisotopic (exact) mass is 297 g/mol. The molecule has 0 aromatic carbocycles.